The molecule has 0 unspecified atom stereocenters. The first-order valence-electron chi connectivity index (χ1n) is 5.49. The van der Waals surface area contributed by atoms with E-state index >= 15 is 0 Å². The molecule has 0 spiro atoms. The van der Waals surface area contributed by atoms with Crippen LogP contribution < -0.4 is 9.47 Å². The molecule has 1 aromatic rings. The van der Waals surface area contributed by atoms with E-state index in [1.807, 2.05) is 6.92 Å². The fraction of sp³-hybridized carbons (Fsp3) is 0.308. The van der Waals surface area contributed by atoms with E-state index < -0.39 is 5.97 Å². The van der Waals surface area contributed by atoms with Gasteiger partial charge in [0.15, 0.2) is 11.5 Å². The van der Waals surface area contributed by atoms with Gasteiger partial charge in [0, 0.05) is 6.08 Å². The van der Waals surface area contributed by atoms with Crippen molar-refractivity contribution >= 4 is 23.6 Å². The lowest BCUT2D eigenvalue weighted by molar-refractivity contribution is -0.131. The van der Waals surface area contributed by atoms with E-state index in [0.717, 1.165) is 12.5 Å². The fourth-order valence-electron chi connectivity index (χ4n) is 1.35. The second-order valence-electron chi connectivity index (χ2n) is 3.55. The molecular formula is C13H15ClO4. The summed E-state index contributed by atoms with van der Waals surface area (Å²) in [5.41, 5.74) is 0.642. The van der Waals surface area contributed by atoms with Gasteiger partial charge in [-0.15, -0.1) is 0 Å². The Kier molecular flexibility index (Phi) is 5.52. The van der Waals surface area contributed by atoms with Gasteiger partial charge in [-0.1, -0.05) is 18.5 Å². The van der Waals surface area contributed by atoms with Crippen LogP contribution in [0.3, 0.4) is 0 Å². The van der Waals surface area contributed by atoms with Crippen molar-refractivity contribution in [1.82, 2.24) is 0 Å². The Hall–Kier alpha value is -1.68. The van der Waals surface area contributed by atoms with E-state index in [4.69, 9.17) is 26.2 Å². The van der Waals surface area contributed by atoms with Crippen molar-refractivity contribution in [1.29, 1.82) is 0 Å². The van der Waals surface area contributed by atoms with Crippen LogP contribution in [0.15, 0.2) is 18.2 Å². The molecule has 0 aliphatic rings. The highest BCUT2D eigenvalue weighted by atomic mass is 35.5. The molecule has 1 N–H and O–H groups in total. The summed E-state index contributed by atoms with van der Waals surface area (Å²) in [6.45, 7) is 2.53. The van der Waals surface area contributed by atoms with Gasteiger partial charge in [0.05, 0.1) is 18.7 Å². The Morgan fingerprint density at radius 3 is 2.78 bits per heavy atom. The van der Waals surface area contributed by atoms with E-state index in [1.54, 1.807) is 12.1 Å². The summed E-state index contributed by atoms with van der Waals surface area (Å²) in [4.78, 5) is 10.4. The van der Waals surface area contributed by atoms with E-state index in [-0.39, 0.29) is 0 Å². The van der Waals surface area contributed by atoms with E-state index in [2.05, 4.69) is 0 Å². The zero-order valence-corrected chi connectivity index (χ0v) is 11.0. The lowest BCUT2D eigenvalue weighted by Crippen LogP contribution is -1.99. The van der Waals surface area contributed by atoms with Gasteiger partial charge in [0.1, 0.15) is 0 Å². The largest absolute Gasteiger partial charge is 0.493 e. The molecule has 0 saturated carbocycles. The first-order valence-corrected chi connectivity index (χ1v) is 5.87. The number of carbonyl (C=O) groups is 1. The standard InChI is InChI=1S/C13H15ClO4/c1-3-6-18-13-10(14)7-9(4-5-12(15)16)8-11(13)17-2/h4-5,7-8H,3,6H2,1-2H3,(H,15,16)/b5-4+. The summed E-state index contributed by atoms with van der Waals surface area (Å²) in [5, 5.41) is 8.96. The maximum atomic E-state index is 10.4. The first kappa shape index (κ1) is 14.4. The van der Waals surface area contributed by atoms with Gasteiger partial charge < -0.3 is 14.6 Å². The highest BCUT2D eigenvalue weighted by molar-refractivity contribution is 6.32. The molecule has 18 heavy (non-hydrogen) atoms. The van der Waals surface area contributed by atoms with Gasteiger partial charge in [0.25, 0.3) is 0 Å². The number of aliphatic carboxylic acids is 1. The van der Waals surface area contributed by atoms with Crippen LogP contribution in [0, 0.1) is 0 Å². The number of ether oxygens (including phenoxy) is 2. The Bertz CT molecular complexity index is 455. The predicted octanol–water partition coefficient (Wildman–Crippen LogP) is 3.24. The topological polar surface area (TPSA) is 55.8 Å². The van der Waals surface area contributed by atoms with Gasteiger partial charge in [-0.25, -0.2) is 4.79 Å². The van der Waals surface area contributed by atoms with Crippen LogP contribution in [-0.4, -0.2) is 24.8 Å². The minimum absolute atomic E-state index is 0.396. The molecule has 0 aliphatic carbocycles. The zero-order chi connectivity index (χ0) is 13.5. The van der Waals surface area contributed by atoms with Crippen molar-refractivity contribution in [2.45, 2.75) is 13.3 Å². The third-order valence-corrected chi connectivity index (χ3v) is 2.40. The van der Waals surface area contributed by atoms with Crippen LogP contribution in [-0.2, 0) is 4.79 Å². The molecule has 0 amide bonds. The summed E-state index contributed by atoms with van der Waals surface area (Å²) >= 11 is 6.08. The van der Waals surface area contributed by atoms with Gasteiger partial charge in [-0.05, 0) is 30.2 Å². The number of carboxylic acids is 1. The third kappa shape index (κ3) is 3.96. The summed E-state index contributed by atoms with van der Waals surface area (Å²) in [5.74, 6) is -0.0501. The van der Waals surface area contributed by atoms with Crippen LogP contribution in [0.1, 0.15) is 18.9 Å². The monoisotopic (exact) mass is 270 g/mol. The molecule has 5 heteroatoms. The highest BCUT2D eigenvalue weighted by Gasteiger charge is 2.10. The summed E-state index contributed by atoms with van der Waals surface area (Å²) in [7, 11) is 1.51. The van der Waals surface area contributed by atoms with Crippen molar-refractivity contribution in [3.05, 3.63) is 28.8 Å². The quantitative estimate of drug-likeness (QED) is 0.806. The van der Waals surface area contributed by atoms with Crippen molar-refractivity contribution < 1.29 is 19.4 Å². The van der Waals surface area contributed by atoms with E-state index in [1.165, 1.54) is 13.2 Å². The van der Waals surface area contributed by atoms with Crippen molar-refractivity contribution in [3.8, 4) is 11.5 Å². The molecule has 1 rings (SSSR count). The SMILES string of the molecule is CCCOc1c(Cl)cc(/C=C/C(=O)O)cc1OC. The molecule has 0 radical (unpaired) electrons. The van der Waals surface area contributed by atoms with Crippen molar-refractivity contribution in [3.63, 3.8) is 0 Å². The molecule has 0 bridgehead atoms. The Morgan fingerprint density at radius 2 is 2.22 bits per heavy atom. The van der Waals surface area contributed by atoms with Crippen LogP contribution in [0.5, 0.6) is 11.5 Å². The minimum atomic E-state index is -1.02. The normalized spacial score (nSPS) is 10.6. The number of carboxylic acid groups (broad SMARTS) is 1. The smallest absolute Gasteiger partial charge is 0.328 e. The second-order valence-corrected chi connectivity index (χ2v) is 3.96. The van der Waals surface area contributed by atoms with E-state index in [9.17, 15) is 4.79 Å². The number of rotatable bonds is 6. The predicted molar refractivity (Wildman–Crippen MR) is 70.5 cm³/mol. The van der Waals surface area contributed by atoms with Gasteiger partial charge in [-0.3, -0.25) is 0 Å². The second kappa shape index (κ2) is 6.91. The Morgan fingerprint density at radius 1 is 1.50 bits per heavy atom. The average Bonchev–Trinajstić information content (AvgIpc) is 2.34. The molecule has 0 saturated heterocycles. The van der Waals surface area contributed by atoms with Crippen LogP contribution in [0.4, 0.5) is 0 Å². The van der Waals surface area contributed by atoms with Crippen LogP contribution in [0.2, 0.25) is 5.02 Å². The average molecular weight is 271 g/mol. The summed E-state index contributed by atoms with van der Waals surface area (Å²) in [6.07, 6.45) is 3.35. The van der Waals surface area contributed by atoms with Crippen LogP contribution in [0.25, 0.3) is 6.08 Å². The lowest BCUT2D eigenvalue weighted by Gasteiger charge is -2.12. The molecule has 0 aromatic heterocycles. The molecule has 98 valence electrons. The molecule has 1 aromatic carbocycles. The minimum Gasteiger partial charge on any atom is -0.493 e. The number of methoxy groups -OCH3 is 1. The molecular weight excluding hydrogens is 256 g/mol. The van der Waals surface area contributed by atoms with Gasteiger partial charge in [-0.2, -0.15) is 0 Å². The number of halogens is 1. The summed E-state index contributed by atoms with van der Waals surface area (Å²) < 4.78 is 10.7. The number of benzene rings is 1. The van der Waals surface area contributed by atoms with Crippen molar-refractivity contribution in [2.24, 2.45) is 0 Å². The fourth-order valence-corrected chi connectivity index (χ4v) is 1.62. The first-order chi connectivity index (χ1) is 8.58. The molecule has 0 heterocycles. The maximum absolute atomic E-state index is 10.4. The number of hydrogen-bond acceptors (Lipinski definition) is 3. The van der Waals surface area contributed by atoms with Crippen LogP contribution >= 0.6 is 11.6 Å². The van der Waals surface area contributed by atoms with Gasteiger partial charge in [0.2, 0.25) is 0 Å². The van der Waals surface area contributed by atoms with E-state index in [0.29, 0.717) is 28.7 Å². The van der Waals surface area contributed by atoms with Crippen molar-refractivity contribution in [2.75, 3.05) is 13.7 Å². The third-order valence-electron chi connectivity index (χ3n) is 2.12. The molecule has 0 aliphatic heterocycles. The maximum Gasteiger partial charge on any atom is 0.328 e. The molecule has 0 fully saturated rings. The highest BCUT2D eigenvalue weighted by Crippen LogP contribution is 2.36. The molecule has 0 atom stereocenters. The Labute approximate surface area is 111 Å². The summed E-state index contributed by atoms with van der Waals surface area (Å²) in [6, 6.07) is 3.31. The zero-order valence-electron chi connectivity index (χ0n) is 10.3. The number of hydrogen-bond donors (Lipinski definition) is 1. The molecule has 4 nitrogen and oxygen atoms in total. The lowest BCUT2D eigenvalue weighted by atomic mass is 10.2. The van der Waals surface area contributed by atoms with Gasteiger partial charge >= 0.3 is 5.97 Å². The Balaban J connectivity index is 3.06.